The second-order valence-electron chi connectivity index (χ2n) is 9.00. The van der Waals surface area contributed by atoms with Gasteiger partial charge in [-0.05, 0) is 54.4 Å². The fourth-order valence-electron chi connectivity index (χ4n) is 4.40. The Hall–Kier alpha value is -3.13. The summed E-state index contributed by atoms with van der Waals surface area (Å²) >= 11 is 0. The van der Waals surface area contributed by atoms with Crippen LogP contribution in [0.25, 0.3) is 0 Å². The lowest BCUT2D eigenvalue weighted by Gasteiger charge is -2.36. The zero-order chi connectivity index (χ0) is 25.3. The van der Waals surface area contributed by atoms with Gasteiger partial charge in [-0.3, -0.25) is 9.69 Å². The van der Waals surface area contributed by atoms with Crippen LogP contribution < -0.4 is 14.4 Å². The first-order valence-electron chi connectivity index (χ1n) is 12.3. The van der Waals surface area contributed by atoms with E-state index in [2.05, 4.69) is 21.9 Å². The second-order valence-corrected chi connectivity index (χ2v) is 9.00. The molecule has 1 saturated heterocycles. The third-order valence-corrected chi connectivity index (χ3v) is 6.44. The molecule has 3 aromatic rings. The highest BCUT2D eigenvalue weighted by atomic mass is 35.5. The van der Waals surface area contributed by atoms with Crippen molar-refractivity contribution < 1.29 is 23.8 Å². The van der Waals surface area contributed by atoms with Gasteiger partial charge in [-0.1, -0.05) is 30.3 Å². The van der Waals surface area contributed by atoms with E-state index in [0.29, 0.717) is 18.7 Å². The molecule has 0 saturated carbocycles. The Bertz CT molecular complexity index is 1120. The number of nitrogens with zero attached hydrogens (tertiary/aromatic N) is 2. The van der Waals surface area contributed by atoms with E-state index < -0.39 is 11.9 Å². The van der Waals surface area contributed by atoms with Crippen LogP contribution in [-0.4, -0.2) is 68.3 Å². The number of β-amino-alcohol motifs (C(OH)–C–C–N with tert-alkyl or cyclic N) is 1. The first-order chi connectivity index (χ1) is 17.5. The van der Waals surface area contributed by atoms with Gasteiger partial charge in [-0.25, -0.2) is 4.39 Å². The van der Waals surface area contributed by atoms with Crippen LogP contribution in [0.1, 0.15) is 22.3 Å². The number of anilines is 1. The van der Waals surface area contributed by atoms with Crippen molar-refractivity contribution in [2.45, 2.75) is 18.9 Å². The van der Waals surface area contributed by atoms with Gasteiger partial charge in [0.25, 0.3) is 0 Å². The number of piperazine rings is 1. The minimum atomic E-state index is -0.727. The zero-order valence-corrected chi connectivity index (χ0v) is 21.8. The minimum Gasteiger partial charge on any atom is -0.497 e. The van der Waals surface area contributed by atoms with Crippen LogP contribution in [0.15, 0.2) is 72.8 Å². The summed E-state index contributed by atoms with van der Waals surface area (Å²) in [6, 6.07) is 21.7. The number of ether oxygens (including phenoxy) is 2. The third kappa shape index (κ3) is 8.18. The molecule has 8 heteroatoms. The number of carbonyl (C=O) groups excluding carboxylic acids is 1. The molecule has 37 heavy (non-hydrogen) atoms. The standard InChI is InChI=1S/C29H33FN2O4.ClH/c1-35-26-11-9-24(10-12-26)32-17-15-31(16-18-32)20-25(33)21-36-29-14-8-23(30)19-27(29)28(34)13-7-22-5-3-2-4-6-22;/h2-6,8-12,14,19,25,33H,7,13,15-18,20-21H2,1H3;1H. The number of methoxy groups -OCH3 is 1. The van der Waals surface area contributed by atoms with Crippen LogP contribution in [-0.2, 0) is 6.42 Å². The molecular weight excluding hydrogens is 495 g/mol. The molecule has 0 aromatic heterocycles. The highest BCUT2D eigenvalue weighted by Gasteiger charge is 2.21. The van der Waals surface area contributed by atoms with E-state index in [4.69, 9.17) is 9.47 Å². The molecule has 0 amide bonds. The summed E-state index contributed by atoms with van der Waals surface area (Å²) in [4.78, 5) is 17.3. The summed E-state index contributed by atoms with van der Waals surface area (Å²) in [5.41, 5.74) is 2.42. The quantitative estimate of drug-likeness (QED) is 0.366. The van der Waals surface area contributed by atoms with Gasteiger partial charge in [0.1, 0.15) is 30.0 Å². The van der Waals surface area contributed by atoms with E-state index in [-0.39, 0.29) is 36.8 Å². The molecule has 1 aliphatic heterocycles. The monoisotopic (exact) mass is 528 g/mol. The van der Waals surface area contributed by atoms with E-state index in [1.807, 2.05) is 42.5 Å². The van der Waals surface area contributed by atoms with Crippen molar-refractivity contribution in [1.29, 1.82) is 0 Å². The maximum Gasteiger partial charge on any atom is 0.167 e. The Kier molecular flexibility index (Phi) is 10.7. The van der Waals surface area contributed by atoms with Gasteiger partial charge in [-0.2, -0.15) is 0 Å². The first-order valence-corrected chi connectivity index (χ1v) is 12.3. The lowest BCUT2D eigenvalue weighted by molar-refractivity contribution is 0.0655. The van der Waals surface area contributed by atoms with Crippen molar-refractivity contribution in [3.63, 3.8) is 0 Å². The molecule has 1 atom stereocenters. The molecule has 198 valence electrons. The number of hydrogen-bond donors (Lipinski definition) is 1. The Balaban J connectivity index is 0.00000380. The van der Waals surface area contributed by atoms with Crippen LogP contribution in [0.2, 0.25) is 0 Å². The number of carbonyl (C=O) groups is 1. The van der Waals surface area contributed by atoms with Crippen LogP contribution >= 0.6 is 12.4 Å². The lowest BCUT2D eigenvalue weighted by atomic mass is 10.0. The zero-order valence-electron chi connectivity index (χ0n) is 21.0. The van der Waals surface area contributed by atoms with Gasteiger partial charge in [0.15, 0.2) is 5.78 Å². The van der Waals surface area contributed by atoms with Crippen molar-refractivity contribution in [3.05, 3.63) is 89.7 Å². The summed E-state index contributed by atoms with van der Waals surface area (Å²) in [6.45, 7) is 3.86. The molecule has 1 N–H and O–H groups in total. The van der Waals surface area contributed by atoms with Gasteiger partial charge in [0.05, 0.1) is 12.7 Å². The number of aliphatic hydroxyl groups excluding tert-OH is 1. The molecule has 1 aliphatic rings. The van der Waals surface area contributed by atoms with E-state index in [0.717, 1.165) is 43.2 Å². The predicted molar refractivity (Wildman–Crippen MR) is 146 cm³/mol. The number of halogens is 2. The van der Waals surface area contributed by atoms with Crippen molar-refractivity contribution >= 4 is 23.9 Å². The van der Waals surface area contributed by atoms with Crippen LogP contribution in [0.3, 0.4) is 0 Å². The largest absolute Gasteiger partial charge is 0.497 e. The lowest BCUT2D eigenvalue weighted by Crippen LogP contribution is -2.49. The highest BCUT2D eigenvalue weighted by molar-refractivity contribution is 5.98. The average molecular weight is 529 g/mol. The third-order valence-electron chi connectivity index (χ3n) is 6.44. The number of Topliss-reactive ketones (excluding diaryl/α,β-unsaturated/α-hetero) is 1. The van der Waals surface area contributed by atoms with Gasteiger partial charge in [0.2, 0.25) is 0 Å². The van der Waals surface area contributed by atoms with Gasteiger partial charge in [-0.15, -0.1) is 12.4 Å². The molecule has 0 aliphatic carbocycles. The van der Waals surface area contributed by atoms with Crippen LogP contribution in [0.4, 0.5) is 10.1 Å². The van der Waals surface area contributed by atoms with Crippen LogP contribution in [0.5, 0.6) is 11.5 Å². The Labute approximate surface area is 224 Å². The Morgan fingerprint density at radius 2 is 1.70 bits per heavy atom. The minimum absolute atomic E-state index is 0. The number of aliphatic hydroxyl groups is 1. The molecule has 4 rings (SSSR count). The summed E-state index contributed by atoms with van der Waals surface area (Å²) in [6.07, 6.45) is 0.0980. The maximum atomic E-state index is 13.9. The predicted octanol–water partition coefficient (Wildman–Crippen LogP) is 4.63. The summed E-state index contributed by atoms with van der Waals surface area (Å²) in [5, 5.41) is 10.6. The van der Waals surface area contributed by atoms with E-state index >= 15 is 0 Å². The molecule has 1 heterocycles. The number of ketones is 1. The summed E-state index contributed by atoms with van der Waals surface area (Å²) in [5.74, 6) is 0.471. The van der Waals surface area contributed by atoms with E-state index in [1.54, 1.807) is 7.11 Å². The first kappa shape index (κ1) is 28.4. The molecule has 6 nitrogen and oxygen atoms in total. The molecule has 1 unspecified atom stereocenters. The number of rotatable bonds is 11. The summed E-state index contributed by atoms with van der Waals surface area (Å²) < 4.78 is 24.9. The smallest absolute Gasteiger partial charge is 0.167 e. The molecule has 0 bridgehead atoms. The second kappa shape index (κ2) is 14.0. The fourth-order valence-corrected chi connectivity index (χ4v) is 4.40. The van der Waals surface area contributed by atoms with Crippen molar-refractivity contribution in [2.75, 3.05) is 51.3 Å². The number of benzene rings is 3. The van der Waals surface area contributed by atoms with Crippen molar-refractivity contribution in [1.82, 2.24) is 4.90 Å². The van der Waals surface area contributed by atoms with E-state index in [9.17, 15) is 14.3 Å². The molecule has 0 spiro atoms. The van der Waals surface area contributed by atoms with Crippen molar-refractivity contribution in [2.24, 2.45) is 0 Å². The van der Waals surface area contributed by atoms with Crippen LogP contribution in [0, 0.1) is 5.82 Å². The maximum absolute atomic E-state index is 13.9. The summed E-state index contributed by atoms with van der Waals surface area (Å²) in [7, 11) is 1.66. The number of hydrogen-bond acceptors (Lipinski definition) is 6. The number of aryl methyl sites for hydroxylation is 1. The topological polar surface area (TPSA) is 62.2 Å². The molecule has 1 fully saturated rings. The van der Waals surface area contributed by atoms with Crippen molar-refractivity contribution in [3.8, 4) is 11.5 Å². The average Bonchev–Trinajstić information content (AvgIpc) is 2.92. The normalized spacial score (nSPS) is 14.5. The molecule has 3 aromatic carbocycles. The van der Waals surface area contributed by atoms with Gasteiger partial charge < -0.3 is 19.5 Å². The van der Waals surface area contributed by atoms with Gasteiger partial charge >= 0.3 is 0 Å². The van der Waals surface area contributed by atoms with E-state index in [1.165, 1.54) is 18.2 Å². The van der Waals surface area contributed by atoms with Gasteiger partial charge in [0, 0.05) is 44.8 Å². The fraction of sp³-hybridized carbons (Fsp3) is 0.345. The molecular formula is C29H34ClFN2O4. The molecule has 0 radical (unpaired) electrons. The highest BCUT2D eigenvalue weighted by Crippen LogP contribution is 2.23. The Morgan fingerprint density at radius 1 is 1.00 bits per heavy atom. The SMILES string of the molecule is COc1ccc(N2CCN(CC(O)COc3ccc(F)cc3C(=O)CCc3ccccc3)CC2)cc1.Cl. The Morgan fingerprint density at radius 3 is 2.38 bits per heavy atom.